The maximum atomic E-state index is 13.7. The molecule has 0 unspecified atom stereocenters. The minimum Gasteiger partial charge on any atom is -0.497 e. The van der Waals surface area contributed by atoms with Gasteiger partial charge in [0.25, 0.3) is 11.8 Å². The van der Waals surface area contributed by atoms with Gasteiger partial charge in [0.1, 0.15) is 17.2 Å². The number of nitrogens with zero attached hydrogens (tertiary/aromatic N) is 3. The summed E-state index contributed by atoms with van der Waals surface area (Å²) in [6.07, 6.45) is 1.88. The first-order chi connectivity index (χ1) is 15.9. The molecule has 0 aliphatic carbocycles. The molecule has 2 aromatic rings. The Morgan fingerprint density at radius 3 is 2.12 bits per heavy atom. The molecule has 7 heteroatoms. The minimum atomic E-state index is -0.316. The van der Waals surface area contributed by atoms with E-state index in [2.05, 4.69) is 11.9 Å². The first-order valence-electron chi connectivity index (χ1n) is 11.4. The summed E-state index contributed by atoms with van der Waals surface area (Å²) in [5.41, 5.74) is 2.12. The van der Waals surface area contributed by atoms with Gasteiger partial charge in [0.2, 0.25) is 0 Å². The van der Waals surface area contributed by atoms with Crippen molar-refractivity contribution in [3.63, 3.8) is 0 Å². The second-order valence-corrected chi connectivity index (χ2v) is 8.47. The van der Waals surface area contributed by atoms with E-state index in [-0.39, 0.29) is 17.9 Å². The van der Waals surface area contributed by atoms with Crippen LogP contribution in [0.1, 0.15) is 25.3 Å². The highest BCUT2D eigenvalue weighted by molar-refractivity contribution is 6.45. The average molecular weight is 450 g/mol. The SMILES string of the molecule is CCOc1ccc(C2=C(N(C)C3CCN(C)CC3)C(=O)N(c3ccc(OC)cc3)C2=O)cc1. The maximum Gasteiger partial charge on any atom is 0.282 e. The number of anilines is 1. The van der Waals surface area contributed by atoms with Crippen LogP contribution < -0.4 is 14.4 Å². The molecular formula is C26H31N3O4. The second-order valence-electron chi connectivity index (χ2n) is 8.47. The number of amides is 2. The predicted octanol–water partition coefficient (Wildman–Crippen LogP) is 3.40. The lowest BCUT2D eigenvalue weighted by Gasteiger charge is -2.36. The van der Waals surface area contributed by atoms with Crippen molar-refractivity contribution in [3.05, 3.63) is 59.8 Å². The van der Waals surface area contributed by atoms with Crippen LogP contribution >= 0.6 is 0 Å². The van der Waals surface area contributed by atoms with Crippen molar-refractivity contribution in [1.82, 2.24) is 9.80 Å². The number of likely N-dealkylation sites (tertiary alicyclic amines) is 1. The van der Waals surface area contributed by atoms with Gasteiger partial charge < -0.3 is 19.3 Å². The van der Waals surface area contributed by atoms with Gasteiger partial charge in [0.05, 0.1) is 25.0 Å². The molecule has 0 spiro atoms. The number of carbonyl (C=O) groups is 2. The molecule has 33 heavy (non-hydrogen) atoms. The first-order valence-corrected chi connectivity index (χ1v) is 11.4. The molecule has 1 fully saturated rings. The van der Waals surface area contributed by atoms with Crippen LogP contribution in [-0.2, 0) is 9.59 Å². The molecule has 4 rings (SSSR count). The molecule has 1 saturated heterocycles. The number of rotatable bonds is 7. The highest BCUT2D eigenvalue weighted by Gasteiger charge is 2.43. The summed E-state index contributed by atoms with van der Waals surface area (Å²) >= 11 is 0. The van der Waals surface area contributed by atoms with E-state index in [0.29, 0.717) is 34.9 Å². The van der Waals surface area contributed by atoms with E-state index in [1.807, 2.05) is 43.1 Å². The Morgan fingerprint density at radius 2 is 1.55 bits per heavy atom. The smallest absolute Gasteiger partial charge is 0.282 e. The number of carbonyl (C=O) groups excluding carboxylic acids is 2. The number of hydrogen-bond donors (Lipinski definition) is 0. The maximum absolute atomic E-state index is 13.7. The molecule has 2 amide bonds. The lowest BCUT2D eigenvalue weighted by atomic mass is 10.00. The molecule has 0 N–H and O–H groups in total. The molecule has 174 valence electrons. The van der Waals surface area contributed by atoms with Gasteiger partial charge in [-0.3, -0.25) is 9.59 Å². The molecule has 0 aromatic heterocycles. The zero-order valence-corrected chi connectivity index (χ0v) is 19.7. The molecule has 2 aliphatic rings. The van der Waals surface area contributed by atoms with E-state index in [0.717, 1.165) is 31.7 Å². The quantitative estimate of drug-likeness (QED) is 0.604. The van der Waals surface area contributed by atoms with Crippen LogP contribution in [-0.4, -0.2) is 68.6 Å². The number of ether oxygens (including phenoxy) is 2. The Morgan fingerprint density at radius 1 is 0.939 bits per heavy atom. The van der Waals surface area contributed by atoms with Crippen LogP contribution in [0.25, 0.3) is 5.57 Å². The first kappa shape index (κ1) is 22.9. The van der Waals surface area contributed by atoms with Crippen molar-refractivity contribution in [2.75, 3.05) is 45.8 Å². The summed E-state index contributed by atoms with van der Waals surface area (Å²) in [5, 5.41) is 0. The van der Waals surface area contributed by atoms with E-state index in [1.165, 1.54) is 4.90 Å². The highest BCUT2D eigenvalue weighted by Crippen LogP contribution is 2.37. The molecule has 2 aromatic carbocycles. The van der Waals surface area contributed by atoms with Crippen LogP contribution in [0.2, 0.25) is 0 Å². The third-order valence-electron chi connectivity index (χ3n) is 6.43. The number of likely N-dealkylation sites (N-methyl/N-ethyl adjacent to an activating group) is 1. The van der Waals surface area contributed by atoms with E-state index in [4.69, 9.17) is 9.47 Å². The molecular weight excluding hydrogens is 418 g/mol. The molecule has 2 heterocycles. The van der Waals surface area contributed by atoms with Crippen molar-refractivity contribution in [2.45, 2.75) is 25.8 Å². The highest BCUT2D eigenvalue weighted by atomic mass is 16.5. The van der Waals surface area contributed by atoms with Crippen LogP contribution in [0.15, 0.2) is 54.2 Å². The van der Waals surface area contributed by atoms with Crippen molar-refractivity contribution in [3.8, 4) is 11.5 Å². The predicted molar refractivity (Wildman–Crippen MR) is 128 cm³/mol. The standard InChI is InChI=1S/C26H31N3O4/c1-5-33-22-10-6-18(7-11-22)23-24(28(3)19-14-16-27(2)17-15-19)26(31)29(25(23)30)20-8-12-21(32-4)13-9-20/h6-13,19H,5,14-17H2,1-4H3. The van der Waals surface area contributed by atoms with E-state index in [9.17, 15) is 9.59 Å². The zero-order valence-electron chi connectivity index (χ0n) is 19.7. The molecule has 0 atom stereocenters. The van der Waals surface area contributed by atoms with Gasteiger partial charge in [0, 0.05) is 13.1 Å². The fraction of sp³-hybridized carbons (Fsp3) is 0.385. The zero-order chi connectivity index (χ0) is 23.5. The lowest BCUT2D eigenvalue weighted by Crippen LogP contribution is -2.43. The summed E-state index contributed by atoms with van der Waals surface area (Å²) in [6.45, 7) is 4.42. The minimum absolute atomic E-state index is 0.196. The average Bonchev–Trinajstić information content (AvgIpc) is 3.09. The Labute approximate surface area is 195 Å². The largest absolute Gasteiger partial charge is 0.497 e. The molecule has 7 nitrogen and oxygen atoms in total. The van der Waals surface area contributed by atoms with Crippen molar-refractivity contribution < 1.29 is 19.1 Å². The molecule has 0 bridgehead atoms. The van der Waals surface area contributed by atoms with Crippen molar-refractivity contribution in [1.29, 1.82) is 0 Å². The Balaban J connectivity index is 1.74. The number of hydrogen-bond acceptors (Lipinski definition) is 6. The van der Waals surface area contributed by atoms with E-state index < -0.39 is 0 Å². The number of benzene rings is 2. The third kappa shape index (κ3) is 4.46. The van der Waals surface area contributed by atoms with Crippen LogP contribution in [0, 0.1) is 0 Å². The number of piperidine rings is 1. The van der Waals surface area contributed by atoms with Gasteiger partial charge in [-0.2, -0.15) is 0 Å². The Kier molecular flexibility index (Phi) is 6.70. The third-order valence-corrected chi connectivity index (χ3v) is 6.43. The Hall–Kier alpha value is -3.32. The fourth-order valence-electron chi connectivity index (χ4n) is 4.52. The van der Waals surface area contributed by atoms with Crippen molar-refractivity contribution >= 4 is 23.1 Å². The van der Waals surface area contributed by atoms with Gasteiger partial charge in [-0.1, -0.05) is 12.1 Å². The number of methoxy groups -OCH3 is 1. The summed E-state index contributed by atoms with van der Waals surface area (Å²) in [6, 6.07) is 14.6. The fourth-order valence-corrected chi connectivity index (χ4v) is 4.52. The summed E-state index contributed by atoms with van der Waals surface area (Å²) < 4.78 is 10.8. The topological polar surface area (TPSA) is 62.3 Å². The van der Waals surface area contributed by atoms with Gasteiger partial charge in [0.15, 0.2) is 0 Å². The number of imide groups is 1. The van der Waals surface area contributed by atoms with Gasteiger partial charge in [-0.25, -0.2) is 4.90 Å². The lowest BCUT2D eigenvalue weighted by molar-refractivity contribution is -0.120. The summed E-state index contributed by atoms with van der Waals surface area (Å²) in [5.74, 6) is 0.789. The normalized spacial score (nSPS) is 17.6. The van der Waals surface area contributed by atoms with Gasteiger partial charge >= 0.3 is 0 Å². The summed E-state index contributed by atoms with van der Waals surface area (Å²) in [4.78, 5) is 33.0. The molecule has 0 saturated carbocycles. The van der Waals surface area contributed by atoms with Crippen LogP contribution in [0.4, 0.5) is 5.69 Å². The Bertz CT molecular complexity index is 1040. The van der Waals surface area contributed by atoms with E-state index in [1.54, 1.807) is 31.4 Å². The van der Waals surface area contributed by atoms with E-state index >= 15 is 0 Å². The van der Waals surface area contributed by atoms with Crippen molar-refractivity contribution in [2.24, 2.45) is 0 Å². The van der Waals surface area contributed by atoms with Gasteiger partial charge in [-0.15, -0.1) is 0 Å². The van der Waals surface area contributed by atoms with Crippen LogP contribution in [0.5, 0.6) is 11.5 Å². The second kappa shape index (κ2) is 9.67. The van der Waals surface area contributed by atoms with Crippen LogP contribution in [0.3, 0.4) is 0 Å². The molecule has 0 radical (unpaired) electrons. The molecule has 2 aliphatic heterocycles. The van der Waals surface area contributed by atoms with Gasteiger partial charge in [-0.05, 0) is 81.9 Å². The monoisotopic (exact) mass is 449 g/mol. The summed E-state index contributed by atoms with van der Waals surface area (Å²) in [7, 11) is 5.63.